The quantitative estimate of drug-likeness (QED) is 0.826. The molecular weight excluding hydrogens is 348 g/mol. The molecule has 0 unspecified atom stereocenters. The van der Waals surface area contributed by atoms with E-state index in [0.29, 0.717) is 0 Å². The number of hydrogen-bond donors (Lipinski definition) is 0. The summed E-state index contributed by atoms with van der Waals surface area (Å²) in [5.41, 5.74) is 3.47. The molecule has 0 saturated carbocycles. The monoisotopic (exact) mass is 372 g/mol. The minimum atomic E-state index is 0.138. The summed E-state index contributed by atoms with van der Waals surface area (Å²) in [5.74, 6) is 1.94. The van der Waals surface area contributed by atoms with Gasteiger partial charge in [-0.15, -0.1) is 0 Å². The molecular formula is C20H25ClN4O. The van der Waals surface area contributed by atoms with E-state index < -0.39 is 0 Å². The highest BCUT2D eigenvalue weighted by atomic mass is 35.5. The van der Waals surface area contributed by atoms with Crippen LogP contribution in [-0.2, 0) is 17.6 Å². The van der Waals surface area contributed by atoms with Crippen molar-refractivity contribution in [2.75, 3.05) is 31.1 Å². The molecule has 0 bridgehead atoms. The number of piperazine rings is 1. The molecule has 0 radical (unpaired) electrons. The van der Waals surface area contributed by atoms with Gasteiger partial charge in [0.25, 0.3) is 0 Å². The third kappa shape index (κ3) is 4.15. The van der Waals surface area contributed by atoms with Gasteiger partial charge in [0.05, 0.1) is 0 Å². The number of amides is 1. The molecule has 1 saturated heterocycles. The average Bonchev–Trinajstić information content (AvgIpc) is 2.64. The molecule has 0 atom stereocenters. The van der Waals surface area contributed by atoms with Crippen molar-refractivity contribution in [1.29, 1.82) is 0 Å². The molecule has 0 spiro atoms. The molecule has 3 rings (SSSR count). The van der Waals surface area contributed by atoms with E-state index >= 15 is 0 Å². The SMILES string of the molecule is CCc1nc(C)nc(N2CCN(C(C)=O)CC2)c1Cc1ccc(Cl)cc1. The Balaban J connectivity index is 1.92. The van der Waals surface area contributed by atoms with Gasteiger partial charge in [-0.25, -0.2) is 9.97 Å². The topological polar surface area (TPSA) is 49.3 Å². The molecule has 0 aliphatic carbocycles. The Labute approximate surface area is 160 Å². The molecule has 1 aromatic heterocycles. The lowest BCUT2D eigenvalue weighted by molar-refractivity contribution is -0.129. The second kappa shape index (κ2) is 8.04. The van der Waals surface area contributed by atoms with Crippen LogP contribution < -0.4 is 4.90 Å². The van der Waals surface area contributed by atoms with Gasteiger partial charge in [0.1, 0.15) is 11.6 Å². The van der Waals surface area contributed by atoms with E-state index in [1.165, 1.54) is 11.1 Å². The van der Waals surface area contributed by atoms with Crippen LogP contribution in [-0.4, -0.2) is 47.0 Å². The highest BCUT2D eigenvalue weighted by Crippen LogP contribution is 2.26. The van der Waals surface area contributed by atoms with Crippen LogP contribution in [0.3, 0.4) is 0 Å². The van der Waals surface area contributed by atoms with Crippen molar-refractivity contribution in [1.82, 2.24) is 14.9 Å². The number of nitrogens with zero attached hydrogens (tertiary/aromatic N) is 4. The van der Waals surface area contributed by atoms with Gasteiger partial charge in [0.2, 0.25) is 5.91 Å². The van der Waals surface area contributed by atoms with Crippen molar-refractivity contribution in [2.45, 2.75) is 33.6 Å². The number of aryl methyl sites for hydroxylation is 2. The van der Waals surface area contributed by atoms with Gasteiger partial charge in [-0.2, -0.15) is 0 Å². The highest BCUT2D eigenvalue weighted by molar-refractivity contribution is 6.30. The van der Waals surface area contributed by atoms with Crippen LogP contribution in [0.4, 0.5) is 5.82 Å². The third-order valence-corrected chi connectivity index (χ3v) is 5.09. The summed E-state index contributed by atoms with van der Waals surface area (Å²) < 4.78 is 0. The van der Waals surface area contributed by atoms with Crippen molar-refractivity contribution < 1.29 is 4.79 Å². The first-order chi connectivity index (χ1) is 12.5. The molecule has 2 aromatic rings. The molecule has 138 valence electrons. The van der Waals surface area contributed by atoms with Crippen LogP contribution in [0, 0.1) is 6.92 Å². The van der Waals surface area contributed by atoms with Crippen molar-refractivity contribution >= 4 is 23.3 Å². The van der Waals surface area contributed by atoms with E-state index in [1.54, 1.807) is 6.92 Å². The first-order valence-electron chi connectivity index (χ1n) is 9.09. The molecule has 6 heteroatoms. The standard InChI is InChI=1S/C20H25ClN4O/c1-4-19-18(13-16-5-7-17(21)8-6-16)20(23-14(2)22-19)25-11-9-24(10-12-25)15(3)26/h5-8H,4,9-13H2,1-3H3. The second-order valence-electron chi connectivity index (χ2n) is 6.67. The summed E-state index contributed by atoms with van der Waals surface area (Å²) in [4.78, 5) is 25.2. The Hall–Kier alpha value is -2.14. The summed E-state index contributed by atoms with van der Waals surface area (Å²) in [7, 11) is 0. The van der Waals surface area contributed by atoms with E-state index in [9.17, 15) is 4.79 Å². The molecule has 0 N–H and O–H groups in total. The fraction of sp³-hybridized carbons (Fsp3) is 0.450. The van der Waals surface area contributed by atoms with E-state index in [0.717, 1.165) is 61.4 Å². The maximum atomic E-state index is 11.6. The van der Waals surface area contributed by atoms with Crippen LogP contribution in [0.15, 0.2) is 24.3 Å². The lowest BCUT2D eigenvalue weighted by atomic mass is 10.0. The number of hydrogen-bond acceptors (Lipinski definition) is 4. The van der Waals surface area contributed by atoms with Crippen molar-refractivity contribution in [3.05, 3.63) is 51.9 Å². The van der Waals surface area contributed by atoms with E-state index in [4.69, 9.17) is 16.6 Å². The Morgan fingerprint density at radius 1 is 1.12 bits per heavy atom. The number of anilines is 1. The van der Waals surface area contributed by atoms with Gasteiger partial charge in [-0.1, -0.05) is 30.7 Å². The van der Waals surface area contributed by atoms with Gasteiger partial charge in [0.15, 0.2) is 0 Å². The fourth-order valence-electron chi connectivity index (χ4n) is 3.41. The number of aromatic nitrogens is 2. The zero-order valence-electron chi connectivity index (χ0n) is 15.6. The average molecular weight is 373 g/mol. The largest absolute Gasteiger partial charge is 0.353 e. The molecule has 2 heterocycles. The normalized spacial score (nSPS) is 14.6. The molecule has 1 aliphatic heterocycles. The number of benzene rings is 1. The summed E-state index contributed by atoms with van der Waals surface area (Å²) >= 11 is 6.02. The lowest BCUT2D eigenvalue weighted by Gasteiger charge is -2.36. The van der Waals surface area contributed by atoms with Crippen LogP contribution in [0.25, 0.3) is 0 Å². The van der Waals surface area contributed by atoms with Gasteiger partial charge < -0.3 is 9.80 Å². The van der Waals surface area contributed by atoms with Crippen molar-refractivity contribution in [2.24, 2.45) is 0 Å². The van der Waals surface area contributed by atoms with Crippen LogP contribution in [0.5, 0.6) is 0 Å². The molecule has 1 fully saturated rings. The zero-order chi connectivity index (χ0) is 18.7. The Kier molecular flexibility index (Phi) is 5.77. The van der Waals surface area contributed by atoms with Gasteiger partial charge in [-0.05, 0) is 31.0 Å². The number of rotatable bonds is 4. The third-order valence-electron chi connectivity index (χ3n) is 4.84. The molecule has 26 heavy (non-hydrogen) atoms. The van der Waals surface area contributed by atoms with E-state index in [2.05, 4.69) is 28.9 Å². The Bertz CT molecular complexity index is 783. The van der Waals surface area contributed by atoms with E-state index in [1.807, 2.05) is 24.0 Å². The predicted molar refractivity (Wildman–Crippen MR) is 105 cm³/mol. The molecule has 1 aliphatic rings. The van der Waals surface area contributed by atoms with Gasteiger partial charge in [-0.3, -0.25) is 4.79 Å². The highest BCUT2D eigenvalue weighted by Gasteiger charge is 2.23. The van der Waals surface area contributed by atoms with Gasteiger partial charge in [0, 0.05) is 55.8 Å². The number of carbonyl (C=O) groups is 1. The Morgan fingerprint density at radius 3 is 2.35 bits per heavy atom. The fourth-order valence-corrected chi connectivity index (χ4v) is 3.54. The summed E-state index contributed by atoms with van der Waals surface area (Å²) in [6.07, 6.45) is 1.65. The summed E-state index contributed by atoms with van der Waals surface area (Å²) in [6, 6.07) is 7.95. The minimum absolute atomic E-state index is 0.138. The summed E-state index contributed by atoms with van der Waals surface area (Å²) in [6.45, 7) is 8.77. The van der Waals surface area contributed by atoms with Crippen LogP contribution >= 0.6 is 11.6 Å². The van der Waals surface area contributed by atoms with Crippen molar-refractivity contribution in [3.63, 3.8) is 0 Å². The lowest BCUT2D eigenvalue weighted by Crippen LogP contribution is -2.48. The Morgan fingerprint density at radius 2 is 1.77 bits per heavy atom. The minimum Gasteiger partial charge on any atom is -0.353 e. The van der Waals surface area contributed by atoms with E-state index in [-0.39, 0.29) is 5.91 Å². The first-order valence-corrected chi connectivity index (χ1v) is 9.47. The predicted octanol–water partition coefficient (Wildman–Crippen LogP) is 3.26. The van der Waals surface area contributed by atoms with Gasteiger partial charge >= 0.3 is 0 Å². The molecule has 1 amide bonds. The van der Waals surface area contributed by atoms with Crippen molar-refractivity contribution in [3.8, 4) is 0 Å². The maximum Gasteiger partial charge on any atom is 0.219 e. The maximum absolute atomic E-state index is 11.6. The smallest absolute Gasteiger partial charge is 0.219 e. The molecule has 5 nitrogen and oxygen atoms in total. The van der Waals surface area contributed by atoms with Crippen LogP contribution in [0.1, 0.15) is 36.5 Å². The first kappa shape index (κ1) is 18.6. The number of halogens is 1. The van der Waals surface area contributed by atoms with Crippen LogP contribution in [0.2, 0.25) is 5.02 Å². The molecule has 1 aromatic carbocycles. The summed E-state index contributed by atoms with van der Waals surface area (Å²) in [5, 5.41) is 0.741. The number of carbonyl (C=O) groups excluding carboxylic acids is 1. The zero-order valence-corrected chi connectivity index (χ0v) is 16.4. The second-order valence-corrected chi connectivity index (χ2v) is 7.11.